The van der Waals surface area contributed by atoms with E-state index >= 15 is 0 Å². The summed E-state index contributed by atoms with van der Waals surface area (Å²) >= 11 is 1.19. The van der Waals surface area contributed by atoms with Crippen molar-refractivity contribution in [3.63, 3.8) is 0 Å². The van der Waals surface area contributed by atoms with Gasteiger partial charge in [-0.25, -0.2) is 8.42 Å². The molecule has 1 aliphatic rings. The van der Waals surface area contributed by atoms with Gasteiger partial charge in [-0.05, 0) is 36.6 Å². The van der Waals surface area contributed by atoms with Crippen LogP contribution in [0.3, 0.4) is 0 Å². The zero-order valence-electron chi connectivity index (χ0n) is 12.4. The van der Waals surface area contributed by atoms with Crippen LogP contribution in [0.15, 0.2) is 21.7 Å². The quantitative estimate of drug-likeness (QED) is 0.868. The summed E-state index contributed by atoms with van der Waals surface area (Å²) in [5.74, 6) is 0.341. The monoisotopic (exact) mass is 330 g/mol. The molecule has 0 aliphatic carbocycles. The Kier molecular flexibility index (Phi) is 5.40. The van der Waals surface area contributed by atoms with Crippen LogP contribution in [0.2, 0.25) is 0 Å². The first kappa shape index (κ1) is 16.5. The molecule has 1 atom stereocenters. The van der Waals surface area contributed by atoms with Gasteiger partial charge in [-0.1, -0.05) is 19.9 Å². The van der Waals surface area contributed by atoms with Crippen LogP contribution in [0.25, 0.3) is 0 Å². The maximum absolute atomic E-state index is 12.5. The minimum absolute atomic E-state index is 0.173. The molecule has 2 heterocycles. The van der Waals surface area contributed by atoms with E-state index in [1.54, 1.807) is 17.5 Å². The number of nitrogens with one attached hydrogen (secondary N) is 1. The molecular weight excluding hydrogens is 308 g/mol. The van der Waals surface area contributed by atoms with E-state index in [2.05, 4.69) is 19.2 Å². The van der Waals surface area contributed by atoms with Crippen molar-refractivity contribution in [3.05, 3.63) is 17.5 Å². The van der Waals surface area contributed by atoms with Crippen LogP contribution < -0.4 is 5.32 Å². The summed E-state index contributed by atoms with van der Waals surface area (Å²) in [6, 6.07) is 2.74. The summed E-state index contributed by atoms with van der Waals surface area (Å²) < 4.78 is 26.8. The Labute approximate surface area is 130 Å². The van der Waals surface area contributed by atoms with E-state index in [0.29, 0.717) is 29.6 Å². The molecule has 1 amide bonds. The van der Waals surface area contributed by atoms with Crippen molar-refractivity contribution in [2.24, 2.45) is 5.92 Å². The molecule has 21 heavy (non-hydrogen) atoms. The predicted molar refractivity (Wildman–Crippen MR) is 83.7 cm³/mol. The van der Waals surface area contributed by atoms with Crippen molar-refractivity contribution in [2.75, 3.05) is 13.1 Å². The van der Waals surface area contributed by atoms with Gasteiger partial charge in [-0.3, -0.25) is 4.79 Å². The Morgan fingerprint density at radius 3 is 2.90 bits per heavy atom. The second-order valence-electron chi connectivity index (χ2n) is 5.68. The number of sulfonamides is 1. The van der Waals surface area contributed by atoms with Gasteiger partial charge in [0, 0.05) is 13.1 Å². The lowest BCUT2D eigenvalue weighted by molar-refractivity contribution is -0.124. The van der Waals surface area contributed by atoms with Gasteiger partial charge >= 0.3 is 0 Å². The molecule has 1 saturated heterocycles. The van der Waals surface area contributed by atoms with Crippen LogP contribution in [0.5, 0.6) is 0 Å². The number of hydrogen-bond donors (Lipinski definition) is 1. The number of nitrogens with zero attached hydrogens (tertiary/aromatic N) is 1. The van der Waals surface area contributed by atoms with E-state index in [0.717, 1.165) is 12.8 Å². The van der Waals surface area contributed by atoms with E-state index in [1.807, 2.05) is 0 Å². The second kappa shape index (κ2) is 6.89. The van der Waals surface area contributed by atoms with Gasteiger partial charge in [0.05, 0.1) is 0 Å². The molecule has 118 valence electrons. The maximum Gasteiger partial charge on any atom is 0.253 e. The topological polar surface area (TPSA) is 66.5 Å². The number of hydrogen-bond acceptors (Lipinski definition) is 4. The van der Waals surface area contributed by atoms with Crippen molar-refractivity contribution in [1.29, 1.82) is 0 Å². The summed E-state index contributed by atoms with van der Waals surface area (Å²) in [6.45, 7) is 5.20. The first-order chi connectivity index (χ1) is 9.93. The lowest BCUT2D eigenvalue weighted by Crippen LogP contribution is -2.46. The van der Waals surface area contributed by atoms with Gasteiger partial charge in [0.15, 0.2) is 0 Å². The van der Waals surface area contributed by atoms with E-state index in [-0.39, 0.29) is 5.91 Å². The zero-order chi connectivity index (χ0) is 15.5. The summed E-state index contributed by atoms with van der Waals surface area (Å²) in [7, 11) is -3.54. The molecule has 7 heteroatoms. The maximum atomic E-state index is 12.5. The van der Waals surface area contributed by atoms with Crippen molar-refractivity contribution in [2.45, 2.75) is 43.4 Å². The molecule has 5 nitrogen and oxygen atoms in total. The fraction of sp³-hybridized carbons (Fsp3) is 0.643. The normalized spacial score (nSPS) is 20.0. The number of rotatable bonds is 6. The van der Waals surface area contributed by atoms with Gasteiger partial charge in [0.1, 0.15) is 10.3 Å². The van der Waals surface area contributed by atoms with Crippen molar-refractivity contribution in [1.82, 2.24) is 9.62 Å². The van der Waals surface area contributed by atoms with Gasteiger partial charge in [0.25, 0.3) is 10.0 Å². The highest BCUT2D eigenvalue weighted by Gasteiger charge is 2.39. The first-order valence-electron chi connectivity index (χ1n) is 7.26. The Bertz CT molecular complexity index is 567. The molecule has 0 bridgehead atoms. The van der Waals surface area contributed by atoms with Crippen LogP contribution >= 0.6 is 11.3 Å². The lowest BCUT2D eigenvalue weighted by Gasteiger charge is -2.22. The van der Waals surface area contributed by atoms with Gasteiger partial charge < -0.3 is 5.32 Å². The summed E-state index contributed by atoms with van der Waals surface area (Å²) in [4.78, 5) is 12.2. The first-order valence-corrected chi connectivity index (χ1v) is 9.58. The van der Waals surface area contributed by atoms with E-state index in [1.165, 1.54) is 15.6 Å². The molecule has 1 aromatic heterocycles. The Hall–Kier alpha value is -0.920. The number of carbonyl (C=O) groups is 1. The van der Waals surface area contributed by atoms with Gasteiger partial charge in [-0.2, -0.15) is 4.31 Å². The van der Waals surface area contributed by atoms with Crippen LogP contribution in [-0.4, -0.2) is 37.8 Å². The van der Waals surface area contributed by atoms with Crippen LogP contribution in [-0.2, 0) is 14.8 Å². The van der Waals surface area contributed by atoms with Gasteiger partial charge in [-0.15, -0.1) is 11.3 Å². The van der Waals surface area contributed by atoms with E-state index < -0.39 is 16.1 Å². The molecule has 0 unspecified atom stereocenters. The Balaban J connectivity index is 2.05. The third kappa shape index (κ3) is 3.84. The lowest BCUT2D eigenvalue weighted by atomic mass is 10.1. The molecule has 2 rings (SSSR count). The standard InChI is InChI=1S/C14H22N2O3S2/c1-11(2)7-8-15-14(17)12-5-3-9-16(12)21(18,19)13-6-4-10-20-13/h4,6,10-12H,3,5,7-9H2,1-2H3,(H,15,17)/t12-/m1/s1. The van der Waals surface area contributed by atoms with Crippen LogP contribution in [0.4, 0.5) is 0 Å². The molecule has 0 radical (unpaired) electrons. The molecule has 1 aromatic rings. The fourth-order valence-electron chi connectivity index (χ4n) is 2.42. The summed E-state index contributed by atoms with van der Waals surface area (Å²) in [5, 5.41) is 4.60. The number of carbonyl (C=O) groups excluding carboxylic acids is 1. The average molecular weight is 330 g/mol. The smallest absolute Gasteiger partial charge is 0.253 e. The Morgan fingerprint density at radius 2 is 2.29 bits per heavy atom. The minimum Gasteiger partial charge on any atom is -0.355 e. The second-order valence-corrected chi connectivity index (χ2v) is 8.74. The summed E-state index contributed by atoms with van der Waals surface area (Å²) in [5.41, 5.74) is 0. The molecule has 1 fully saturated rings. The SMILES string of the molecule is CC(C)CCNC(=O)[C@H]1CCCN1S(=O)(=O)c1cccs1. The highest BCUT2D eigenvalue weighted by atomic mass is 32.2. The van der Waals surface area contributed by atoms with E-state index in [4.69, 9.17) is 0 Å². The van der Waals surface area contributed by atoms with E-state index in [9.17, 15) is 13.2 Å². The van der Waals surface area contributed by atoms with Crippen LogP contribution in [0.1, 0.15) is 33.1 Å². The zero-order valence-corrected chi connectivity index (χ0v) is 14.0. The number of thiophene rings is 1. The average Bonchev–Trinajstić information content (AvgIpc) is 3.10. The van der Waals surface area contributed by atoms with Crippen LogP contribution in [0, 0.1) is 5.92 Å². The molecule has 0 spiro atoms. The highest BCUT2D eigenvalue weighted by Crippen LogP contribution is 2.28. The molecule has 1 aliphatic heterocycles. The summed E-state index contributed by atoms with van der Waals surface area (Å²) in [6.07, 6.45) is 2.22. The predicted octanol–water partition coefficient (Wildman–Crippen LogP) is 2.06. The minimum atomic E-state index is -3.54. The van der Waals surface area contributed by atoms with Gasteiger partial charge in [0.2, 0.25) is 5.91 Å². The highest BCUT2D eigenvalue weighted by molar-refractivity contribution is 7.91. The van der Waals surface area contributed by atoms with Crippen molar-refractivity contribution in [3.8, 4) is 0 Å². The molecular formula is C14H22N2O3S2. The number of amides is 1. The third-order valence-corrected chi connectivity index (χ3v) is 6.87. The van der Waals surface area contributed by atoms with Crippen molar-refractivity contribution >= 4 is 27.3 Å². The third-order valence-electron chi connectivity index (χ3n) is 3.59. The Morgan fingerprint density at radius 1 is 1.52 bits per heavy atom. The van der Waals surface area contributed by atoms with Crippen molar-refractivity contribution < 1.29 is 13.2 Å². The molecule has 0 aromatic carbocycles. The molecule has 0 saturated carbocycles. The fourth-order valence-corrected chi connectivity index (χ4v) is 5.19. The molecule has 1 N–H and O–H groups in total. The largest absolute Gasteiger partial charge is 0.355 e.